The van der Waals surface area contributed by atoms with Crippen molar-refractivity contribution >= 4 is 17.5 Å². The van der Waals surface area contributed by atoms with Crippen molar-refractivity contribution in [3.63, 3.8) is 0 Å². The van der Waals surface area contributed by atoms with Gasteiger partial charge in [-0.3, -0.25) is 0 Å². The van der Waals surface area contributed by atoms with Crippen LogP contribution in [0, 0.1) is 6.92 Å². The average molecular weight is 230 g/mol. The number of methoxy groups -OCH3 is 1. The first-order valence-corrected chi connectivity index (χ1v) is 5.31. The lowest BCUT2D eigenvalue weighted by Gasteiger charge is -2.08. The number of aromatic nitrogens is 2. The van der Waals surface area contributed by atoms with Gasteiger partial charge in [-0.05, 0) is 18.9 Å². The molecule has 84 valence electrons. The first kappa shape index (κ1) is 12.2. The molecule has 4 nitrogen and oxygen atoms in total. The molecule has 0 saturated heterocycles. The molecule has 1 N–H and O–H groups in total. The number of hydrogen-bond acceptors (Lipinski definition) is 4. The summed E-state index contributed by atoms with van der Waals surface area (Å²) < 4.78 is 4.93. The molecule has 0 bridgehead atoms. The maximum atomic E-state index is 5.97. The van der Waals surface area contributed by atoms with Gasteiger partial charge in [0.1, 0.15) is 0 Å². The molecule has 1 heterocycles. The number of ether oxygens (including phenoxy) is 1. The van der Waals surface area contributed by atoms with E-state index in [0.717, 1.165) is 18.5 Å². The van der Waals surface area contributed by atoms with E-state index in [1.807, 2.05) is 6.92 Å². The molecule has 0 aliphatic heterocycles. The van der Waals surface area contributed by atoms with Crippen molar-refractivity contribution in [3.8, 4) is 0 Å². The van der Waals surface area contributed by atoms with Crippen molar-refractivity contribution in [2.24, 2.45) is 0 Å². The van der Waals surface area contributed by atoms with Gasteiger partial charge in [0.25, 0.3) is 0 Å². The third-order valence-electron chi connectivity index (χ3n) is 1.87. The van der Waals surface area contributed by atoms with E-state index in [-0.39, 0.29) is 5.38 Å². The van der Waals surface area contributed by atoms with Crippen LogP contribution >= 0.6 is 11.6 Å². The largest absolute Gasteiger partial charge is 0.383 e. The Morgan fingerprint density at radius 2 is 2.13 bits per heavy atom. The lowest BCUT2D eigenvalue weighted by Crippen LogP contribution is -2.14. The molecule has 5 heteroatoms. The summed E-state index contributed by atoms with van der Waals surface area (Å²) in [6.07, 6.45) is 4.39. The summed E-state index contributed by atoms with van der Waals surface area (Å²) in [4.78, 5) is 8.25. The van der Waals surface area contributed by atoms with Crippen molar-refractivity contribution in [2.75, 3.05) is 25.6 Å². The van der Waals surface area contributed by atoms with Crippen molar-refractivity contribution in [1.82, 2.24) is 9.97 Å². The summed E-state index contributed by atoms with van der Waals surface area (Å²) >= 11 is 5.97. The molecule has 0 aliphatic rings. The van der Waals surface area contributed by atoms with Gasteiger partial charge in [0, 0.05) is 26.0 Å². The molecular weight excluding hydrogens is 214 g/mol. The van der Waals surface area contributed by atoms with Gasteiger partial charge in [0.05, 0.1) is 12.0 Å². The number of hydrogen-bond donors (Lipinski definition) is 1. The number of nitrogens with one attached hydrogen (secondary N) is 1. The molecular formula is C10H16ClN3O. The number of halogens is 1. The van der Waals surface area contributed by atoms with Crippen LogP contribution in [0.1, 0.15) is 12.0 Å². The topological polar surface area (TPSA) is 47.0 Å². The molecule has 1 unspecified atom stereocenters. The SMILES string of the molecule is COCC(Cl)CCNc1ncc(C)cn1. The third kappa shape index (κ3) is 4.95. The Bertz CT molecular complexity index is 279. The third-order valence-corrected chi connectivity index (χ3v) is 2.21. The van der Waals surface area contributed by atoms with E-state index in [2.05, 4.69) is 15.3 Å². The van der Waals surface area contributed by atoms with Crippen LogP contribution in [-0.4, -0.2) is 35.6 Å². The summed E-state index contributed by atoms with van der Waals surface area (Å²) in [5.74, 6) is 0.641. The summed E-state index contributed by atoms with van der Waals surface area (Å²) in [5, 5.41) is 3.13. The van der Waals surface area contributed by atoms with Crippen LogP contribution in [0.5, 0.6) is 0 Å². The second kappa shape index (κ2) is 6.58. The Hall–Kier alpha value is -0.870. The molecule has 0 amide bonds. The molecule has 0 radical (unpaired) electrons. The fourth-order valence-corrected chi connectivity index (χ4v) is 1.32. The molecule has 15 heavy (non-hydrogen) atoms. The molecule has 1 rings (SSSR count). The maximum Gasteiger partial charge on any atom is 0.222 e. The number of anilines is 1. The lowest BCUT2D eigenvalue weighted by atomic mass is 10.3. The van der Waals surface area contributed by atoms with Gasteiger partial charge in [0.2, 0.25) is 5.95 Å². The van der Waals surface area contributed by atoms with E-state index in [4.69, 9.17) is 16.3 Å². The minimum Gasteiger partial charge on any atom is -0.383 e. The molecule has 1 aromatic rings. The van der Waals surface area contributed by atoms with E-state index >= 15 is 0 Å². The normalized spacial score (nSPS) is 12.5. The zero-order chi connectivity index (χ0) is 11.1. The van der Waals surface area contributed by atoms with Crippen LogP contribution in [-0.2, 0) is 4.74 Å². The van der Waals surface area contributed by atoms with Crippen molar-refractivity contribution in [2.45, 2.75) is 18.7 Å². The zero-order valence-corrected chi connectivity index (χ0v) is 9.79. The summed E-state index contributed by atoms with van der Waals surface area (Å²) in [5.41, 5.74) is 1.05. The molecule has 0 spiro atoms. The highest BCUT2D eigenvalue weighted by Gasteiger charge is 2.03. The van der Waals surface area contributed by atoms with Crippen LogP contribution in [0.3, 0.4) is 0 Å². The van der Waals surface area contributed by atoms with Gasteiger partial charge in [-0.2, -0.15) is 0 Å². The van der Waals surface area contributed by atoms with Crippen molar-refractivity contribution in [1.29, 1.82) is 0 Å². The Balaban J connectivity index is 2.22. The minimum atomic E-state index is 0.0351. The second-order valence-corrected chi connectivity index (χ2v) is 3.97. The van der Waals surface area contributed by atoms with Gasteiger partial charge in [-0.15, -0.1) is 11.6 Å². The fourth-order valence-electron chi connectivity index (χ4n) is 1.09. The molecule has 1 aromatic heterocycles. The molecule has 0 aliphatic carbocycles. The lowest BCUT2D eigenvalue weighted by molar-refractivity contribution is 0.196. The van der Waals surface area contributed by atoms with E-state index in [1.54, 1.807) is 19.5 Å². The molecule has 0 saturated carbocycles. The molecule has 1 atom stereocenters. The van der Waals surface area contributed by atoms with Crippen molar-refractivity contribution < 1.29 is 4.74 Å². The highest BCUT2D eigenvalue weighted by atomic mass is 35.5. The molecule has 0 fully saturated rings. The van der Waals surface area contributed by atoms with Crippen molar-refractivity contribution in [3.05, 3.63) is 18.0 Å². The highest BCUT2D eigenvalue weighted by molar-refractivity contribution is 6.20. The first-order valence-electron chi connectivity index (χ1n) is 4.88. The molecule has 0 aromatic carbocycles. The number of alkyl halides is 1. The Kier molecular flexibility index (Phi) is 5.36. The Labute approximate surface area is 95.0 Å². The number of nitrogens with zero attached hydrogens (tertiary/aromatic N) is 2. The second-order valence-electron chi connectivity index (χ2n) is 3.35. The quantitative estimate of drug-likeness (QED) is 0.757. The van der Waals surface area contributed by atoms with Crippen LogP contribution in [0.2, 0.25) is 0 Å². The van der Waals surface area contributed by atoms with Gasteiger partial charge >= 0.3 is 0 Å². The predicted molar refractivity (Wildman–Crippen MR) is 61.4 cm³/mol. The Morgan fingerprint density at radius 3 is 2.73 bits per heavy atom. The Morgan fingerprint density at radius 1 is 1.47 bits per heavy atom. The summed E-state index contributed by atoms with van der Waals surface area (Å²) in [7, 11) is 1.64. The van der Waals surface area contributed by atoms with Crippen LogP contribution in [0.25, 0.3) is 0 Å². The standard InChI is InChI=1S/C10H16ClN3O/c1-8-5-13-10(14-6-8)12-4-3-9(11)7-15-2/h5-6,9H,3-4,7H2,1-2H3,(H,12,13,14). The van der Waals surface area contributed by atoms with Gasteiger partial charge in [0.15, 0.2) is 0 Å². The monoisotopic (exact) mass is 229 g/mol. The maximum absolute atomic E-state index is 5.97. The van der Waals surface area contributed by atoms with E-state index in [0.29, 0.717) is 12.6 Å². The summed E-state index contributed by atoms with van der Waals surface area (Å²) in [6.45, 7) is 3.27. The first-order chi connectivity index (χ1) is 7.22. The van der Waals surface area contributed by atoms with E-state index in [9.17, 15) is 0 Å². The smallest absolute Gasteiger partial charge is 0.222 e. The number of rotatable bonds is 6. The fraction of sp³-hybridized carbons (Fsp3) is 0.600. The zero-order valence-electron chi connectivity index (χ0n) is 9.03. The van der Waals surface area contributed by atoms with Gasteiger partial charge in [-0.25, -0.2) is 9.97 Å². The van der Waals surface area contributed by atoms with Crippen LogP contribution < -0.4 is 5.32 Å². The van der Waals surface area contributed by atoms with Gasteiger partial charge in [-0.1, -0.05) is 0 Å². The van der Waals surface area contributed by atoms with E-state index < -0.39 is 0 Å². The van der Waals surface area contributed by atoms with Gasteiger partial charge < -0.3 is 10.1 Å². The predicted octanol–water partition coefficient (Wildman–Crippen LogP) is 1.84. The number of aryl methyl sites for hydroxylation is 1. The average Bonchev–Trinajstić information content (AvgIpc) is 2.21. The van der Waals surface area contributed by atoms with Crippen LogP contribution in [0.4, 0.5) is 5.95 Å². The van der Waals surface area contributed by atoms with E-state index in [1.165, 1.54) is 0 Å². The summed E-state index contributed by atoms with van der Waals surface area (Å²) in [6, 6.07) is 0. The minimum absolute atomic E-state index is 0.0351. The highest BCUT2D eigenvalue weighted by Crippen LogP contribution is 2.03. The van der Waals surface area contributed by atoms with Crippen LogP contribution in [0.15, 0.2) is 12.4 Å².